The minimum absolute atomic E-state index is 0.00314. The number of hydrogen-bond donors (Lipinski definition) is 3. The van der Waals surface area contributed by atoms with Gasteiger partial charge in [-0.2, -0.15) is 0 Å². The fraction of sp³-hybridized carbons (Fsp3) is 0.480. The number of carbonyl (C=O) groups excluding carboxylic acids is 1. The maximum Gasteiger partial charge on any atom is 0.406 e. The van der Waals surface area contributed by atoms with Crippen molar-refractivity contribution in [1.82, 2.24) is 10.6 Å². The lowest BCUT2D eigenvalue weighted by Gasteiger charge is -2.40. The fourth-order valence-corrected chi connectivity index (χ4v) is 4.61. The summed E-state index contributed by atoms with van der Waals surface area (Å²) in [6.45, 7) is 4.14. The van der Waals surface area contributed by atoms with Crippen molar-refractivity contribution < 1.29 is 19.4 Å². The summed E-state index contributed by atoms with van der Waals surface area (Å²) in [6.07, 6.45) is 3.27. The van der Waals surface area contributed by atoms with Crippen LogP contribution in [0.1, 0.15) is 43.7 Å². The number of amides is 1. The number of aliphatic hydroxyl groups is 1. The van der Waals surface area contributed by atoms with E-state index in [4.69, 9.17) is 16.3 Å². The van der Waals surface area contributed by atoms with Gasteiger partial charge in [0.2, 0.25) is 0 Å². The van der Waals surface area contributed by atoms with Crippen molar-refractivity contribution in [3.8, 4) is 11.5 Å². The number of halogens is 1. The van der Waals surface area contributed by atoms with Gasteiger partial charge >= 0.3 is 6.09 Å². The Morgan fingerprint density at radius 3 is 2.81 bits per heavy atom. The highest BCUT2D eigenvalue weighted by Crippen LogP contribution is 2.46. The minimum atomic E-state index is -1.16. The first-order chi connectivity index (χ1) is 15.5. The highest BCUT2D eigenvalue weighted by atomic mass is 35.5. The molecule has 2 atom stereocenters. The summed E-state index contributed by atoms with van der Waals surface area (Å²) < 4.78 is 11.0. The van der Waals surface area contributed by atoms with Crippen LogP contribution in [0.2, 0.25) is 5.02 Å². The zero-order valence-electron chi connectivity index (χ0n) is 18.8. The molecule has 0 radical (unpaired) electrons. The van der Waals surface area contributed by atoms with Gasteiger partial charge in [0, 0.05) is 24.6 Å². The van der Waals surface area contributed by atoms with E-state index < -0.39 is 11.7 Å². The van der Waals surface area contributed by atoms with Gasteiger partial charge in [-0.1, -0.05) is 48.9 Å². The normalized spacial score (nSPS) is 17.9. The van der Waals surface area contributed by atoms with Gasteiger partial charge < -0.3 is 25.2 Å². The SMILES string of the molecule is CCc1ccccc1Oc1c(Cl)cccc1C(O)(CCCNC(=O)OC)C1CCCNC1. The van der Waals surface area contributed by atoms with Gasteiger partial charge in [0.15, 0.2) is 5.75 Å². The quantitative estimate of drug-likeness (QED) is 0.458. The van der Waals surface area contributed by atoms with Gasteiger partial charge in [-0.05, 0) is 56.3 Å². The molecule has 2 aromatic carbocycles. The molecule has 0 spiro atoms. The lowest BCUT2D eigenvalue weighted by molar-refractivity contribution is -0.0433. The number of rotatable bonds is 9. The van der Waals surface area contributed by atoms with E-state index in [1.807, 2.05) is 36.4 Å². The summed E-state index contributed by atoms with van der Waals surface area (Å²) in [7, 11) is 1.34. The standard InChI is InChI=1S/C25H33ClN2O4/c1-3-18-9-4-5-13-22(18)32-23-20(11-6-12-21(23)26)25(30,19-10-7-15-27-17-19)14-8-16-28-24(29)31-2/h4-6,9,11-13,19,27,30H,3,7-8,10,14-17H2,1-2H3,(H,28,29). The van der Waals surface area contributed by atoms with Crippen LogP contribution < -0.4 is 15.4 Å². The predicted molar refractivity (Wildman–Crippen MR) is 126 cm³/mol. The van der Waals surface area contributed by atoms with Crippen molar-refractivity contribution in [2.45, 2.75) is 44.6 Å². The van der Waals surface area contributed by atoms with E-state index in [1.54, 1.807) is 6.07 Å². The van der Waals surface area contributed by atoms with Gasteiger partial charge in [0.1, 0.15) is 5.75 Å². The topological polar surface area (TPSA) is 79.8 Å². The van der Waals surface area contributed by atoms with Crippen molar-refractivity contribution in [2.24, 2.45) is 5.92 Å². The van der Waals surface area contributed by atoms with Crippen LogP contribution in [0.4, 0.5) is 4.79 Å². The van der Waals surface area contributed by atoms with E-state index in [9.17, 15) is 9.90 Å². The van der Waals surface area contributed by atoms with Gasteiger partial charge in [0.25, 0.3) is 0 Å². The average molecular weight is 461 g/mol. The number of aryl methyl sites for hydroxylation is 1. The summed E-state index contributed by atoms with van der Waals surface area (Å²) in [5.74, 6) is 1.22. The van der Waals surface area contributed by atoms with Crippen LogP contribution in [-0.2, 0) is 16.8 Å². The van der Waals surface area contributed by atoms with Gasteiger partial charge in [-0.15, -0.1) is 0 Å². The molecule has 6 nitrogen and oxygen atoms in total. The molecule has 0 saturated carbocycles. The molecule has 1 amide bonds. The maximum atomic E-state index is 12.1. The molecular weight excluding hydrogens is 428 g/mol. The zero-order chi connectivity index (χ0) is 23.0. The highest BCUT2D eigenvalue weighted by molar-refractivity contribution is 6.32. The number of methoxy groups -OCH3 is 1. The third-order valence-corrected chi connectivity index (χ3v) is 6.46. The van der Waals surface area contributed by atoms with Crippen LogP contribution in [0.15, 0.2) is 42.5 Å². The Kier molecular flexibility index (Phi) is 8.79. The van der Waals surface area contributed by atoms with E-state index in [2.05, 4.69) is 22.3 Å². The molecule has 0 aromatic heterocycles. The number of ether oxygens (including phenoxy) is 2. The van der Waals surface area contributed by atoms with E-state index in [-0.39, 0.29) is 5.92 Å². The van der Waals surface area contributed by atoms with Crippen molar-refractivity contribution in [3.05, 3.63) is 58.6 Å². The maximum absolute atomic E-state index is 12.1. The Morgan fingerprint density at radius 1 is 1.28 bits per heavy atom. The van der Waals surface area contributed by atoms with E-state index in [0.717, 1.165) is 37.1 Å². The molecule has 1 heterocycles. The van der Waals surface area contributed by atoms with Crippen LogP contribution in [0.3, 0.4) is 0 Å². The molecule has 2 aromatic rings. The lowest BCUT2D eigenvalue weighted by atomic mass is 9.74. The zero-order valence-corrected chi connectivity index (χ0v) is 19.6. The molecule has 3 N–H and O–H groups in total. The van der Waals surface area contributed by atoms with Crippen LogP contribution >= 0.6 is 11.6 Å². The second-order valence-corrected chi connectivity index (χ2v) is 8.58. The van der Waals surface area contributed by atoms with Crippen molar-refractivity contribution in [3.63, 3.8) is 0 Å². The van der Waals surface area contributed by atoms with Gasteiger partial charge in [-0.25, -0.2) is 4.79 Å². The number of carbonyl (C=O) groups is 1. The molecule has 7 heteroatoms. The molecule has 3 rings (SSSR count). The van der Waals surface area contributed by atoms with Gasteiger partial charge in [0.05, 0.1) is 17.7 Å². The molecule has 1 aliphatic rings. The third kappa shape index (κ3) is 5.74. The molecule has 2 unspecified atom stereocenters. The fourth-order valence-electron chi connectivity index (χ4n) is 4.40. The Hall–Kier alpha value is -2.28. The smallest absolute Gasteiger partial charge is 0.406 e. The largest absolute Gasteiger partial charge is 0.455 e. The number of piperidine rings is 1. The first-order valence-corrected chi connectivity index (χ1v) is 11.7. The van der Waals surface area contributed by atoms with E-state index in [0.29, 0.717) is 42.3 Å². The van der Waals surface area contributed by atoms with E-state index >= 15 is 0 Å². The molecule has 1 saturated heterocycles. The molecule has 1 aliphatic heterocycles. The number of benzene rings is 2. The molecule has 32 heavy (non-hydrogen) atoms. The number of hydrogen-bond acceptors (Lipinski definition) is 5. The van der Waals surface area contributed by atoms with Crippen LogP contribution in [0.25, 0.3) is 0 Å². The molecular formula is C25H33ClN2O4. The third-order valence-electron chi connectivity index (χ3n) is 6.16. The molecule has 174 valence electrons. The Labute approximate surface area is 195 Å². The summed E-state index contributed by atoms with van der Waals surface area (Å²) in [4.78, 5) is 11.4. The van der Waals surface area contributed by atoms with Crippen molar-refractivity contribution in [1.29, 1.82) is 0 Å². The summed E-state index contributed by atoms with van der Waals surface area (Å²) in [6, 6.07) is 13.4. The highest BCUT2D eigenvalue weighted by Gasteiger charge is 2.41. The Morgan fingerprint density at radius 2 is 2.09 bits per heavy atom. The number of alkyl carbamates (subject to hydrolysis) is 1. The number of para-hydroxylation sites is 2. The van der Waals surface area contributed by atoms with Crippen LogP contribution in [-0.4, -0.2) is 37.9 Å². The van der Waals surface area contributed by atoms with Crippen molar-refractivity contribution >= 4 is 17.7 Å². The van der Waals surface area contributed by atoms with Gasteiger partial charge in [-0.3, -0.25) is 0 Å². The second-order valence-electron chi connectivity index (χ2n) is 8.17. The van der Waals surface area contributed by atoms with Crippen LogP contribution in [0.5, 0.6) is 11.5 Å². The van der Waals surface area contributed by atoms with E-state index in [1.165, 1.54) is 7.11 Å². The summed E-state index contributed by atoms with van der Waals surface area (Å²) >= 11 is 6.62. The summed E-state index contributed by atoms with van der Waals surface area (Å²) in [5.41, 5.74) is 0.596. The Balaban J connectivity index is 1.94. The first kappa shape index (κ1) is 24.4. The second kappa shape index (κ2) is 11.5. The monoisotopic (exact) mass is 460 g/mol. The molecule has 0 bridgehead atoms. The average Bonchev–Trinajstić information content (AvgIpc) is 2.83. The summed E-state index contributed by atoms with van der Waals surface area (Å²) in [5, 5.41) is 18.7. The van der Waals surface area contributed by atoms with Crippen LogP contribution in [0, 0.1) is 5.92 Å². The van der Waals surface area contributed by atoms with Crippen molar-refractivity contribution in [2.75, 3.05) is 26.7 Å². The molecule has 1 fully saturated rings. The minimum Gasteiger partial charge on any atom is -0.455 e. The number of nitrogens with one attached hydrogen (secondary N) is 2. The lowest BCUT2D eigenvalue weighted by Crippen LogP contribution is -2.45. The first-order valence-electron chi connectivity index (χ1n) is 11.3. The predicted octanol–water partition coefficient (Wildman–Crippen LogP) is 5.02. The molecule has 0 aliphatic carbocycles. The Bertz CT molecular complexity index is 901.